The molecule has 0 spiro atoms. The summed E-state index contributed by atoms with van der Waals surface area (Å²) in [4.78, 5) is 17.1. The number of thiophene rings is 1. The minimum atomic E-state index is -0.213. The molecular formula is C15H20N4O2S2. The first-order valence-electron chi connectivity index (χ1n) is 7.67. The van der Waals surface area contributed by atoms with Gasteiger partial charge >= 0.3 is 6.09 Å². The van der Waals surface area contributed by atoms with Gasteiger partial charge in [-0.25, -0.2) is 4.79 Å². The number of hydrogen-bond donors (Lipinski definition) is 0. The second kappa shape index (κ2) is 7.27. The van der Waals surface area contributed by atoms with E-state index in [9.17, 15) is 4.79 Å². The van der Waals surface area contributed by atoms with Gasteiger partial charge in [-0.05, 0) is 17.4 Å². The van der Waals surface area contributed by atoms with Crippen LogP contribution in [0.4, 0.5) is 9.93 Å². The normalized spacial score (nSPS) is 15.3. The van der Waals surface area contributed by atoms with E-state index in [2.05, 4.69) is 21.2 Å². The lowest BCUT2D eigenvalue weighted by Gasteiger charge is -2.33. The van der Waals surface area contributed by atoms with Crippen LogP contribution in [0.25, 0.3) is 9.88 Å². The van der Waals surface area contributed by atoms with Gasteiger partial charge in [-0.3, -0.25) is 0 Å². The summed E-state index contributed by atoms with van der Waals surface area (Å²) in [6, 6.07) is 4.07. The zero-order chi connectivity index (χ0) is 16.2. The monoisotopic (exact) mass is 352 g/mol. The third kappa shape index (κ3) is 4.00. The van der Waals surface area contributed by atoms with Crippen LogP contribution in [-0.4, -0.2) is 54.0 Å². The maximum atomic E-state index is 12.0. The van der Waals surface area contributed by atoms with E-state index in [1.807, 2.05) is 25.3 Å². The highest BCUT2D eigenvalue weighted by Gasteiger charge is 2.24. The fraction of sp³-hybridized carbons (Fsp3) is 0.533. The van der Waals surface area contributed by atoms with Crippen molar-refractivity contribution in [3.63, 3.8) is 0 Å². The van der Waals surface area contributed by atoms with Gasteiger partial charge in [-0.15, -0.1) is 21.5 Å². The molecule has 124 valence electrons. The molecule has 0 N–H and O–H groups in total. The first-order chi connectivity index (χ1) is 11.1. The highest BCUT2D eigenvalue weighted by atomic mass is 32.1. The number of aromatic nitrogens is 2. The highest BCUT2D eigenvalue weighted by molar-refractivity contribution is 7.22. The van der Waals surface area contributed by atoms with Gasteiger partial charge in [0.15, 0.2) is 5.01 Å². The van der Waals surface area contributed by atoms with Crippen molar-refractivity contribution < 1.29 is 9.53 Å². The summed E-state index contributed by atoms with van der Waals surface area (Å²) in [5, 5.41) is 12.5. The van der Waals surface area contributed by atoms with E-state index >= 15 is 0 Å². The van der Waals surface area contributed by atoms with Crippen molar-refractivity contribution in [3.8, 4) is 9.88 Å². The van der Waals surface area contributed by atoms with Crippen LogP contribution in [0.5, 0.6) is 0 Å². The minimum Gasteiger partial charge on any atom is -0.449 e. The Kier molecular flexibility index (Phi) is 5.12. The number of hydrogen-bond acceptors (Lipinski definition) is 7. The zero-order valence-corrected chi connectivity index (χ0v) is 14.9. The predicted molar refractivity (Wildman–Crippen MR) is 93.2 cm³/mol. The molecule has 1 fully saturated rings. The fourth-order valence-corrected chi connectivity index (χ4v) is 3.94. The second-order valence-corrected chi connectivity index (χ2v) is 7.72. The molecule has 0 radical (unpaired) electrons. The molecule has 0 bridgehead atoms. The fourth-order valence-electron chi connectivity index (χ4n) is 2.25. The Morgan fingerprint density at radius 3 is 2.74 bits per heavy atom. The molecule has 2 aromatic rings. The van der Waals surface area contributed by atoms with Crippen molar-refractivity contribution in [2.24, 2.45) is 5.92 Å². The summed E-state index contributed by atoms with van der Waals surface area (Å²) in [5.41, 5.74) is 0. The lowest BCUT2D eigenvalue weighted by Crippen LogP contribution is -2.49. The maximum Gasteiger partial charge on any atom is 0.409 e. The molecule has 1 aliphatic heterocycles. The summed E-state index contributed by atoms with van der Waals surface area (Å²) in [6.07, 6.45) is -0.213. The SMILES string of the molecule is CC(C)COC(=O)N1CCN(c2nnc(-c3cccs3)s2)CC1. The van der Waals surface area contributed by atoms with Crippen molar-refractivity contribution >= 4 is 33.9 Å². The van der Waals surface area contributed by atoms with Crippen LogP contribution < -0.4 is 4.90 Å². The molecule has 3 heterocycles. The first-order valence-corrected chi connectivity index (χ1v) is 9.37. The van der Waals surface area contributed by atoms with Crippen LogP contribution in [-0.2, 0) is 4.74 Å². The van der Waals surface area contributed by atoms with Gasteiger partial charge in [-0.1, -0.05) is 31.3 Å². The van der Waals surface area contributed by atoms with Gasteiger partial charge in [0.05, 0.1) is 11.5 Å². The van der Waals surface area contributed by atoms with Crippen LogP contribution in [0.1, 0.15) is 13.8 Å². The van der Waals surface area contributed by atoms with E-state index in [0.717, 1.165) is 28.1 Å². The molecular weight excluding hydrogens is 332 g/mol. The van der Waals surface area contributed by atoms with Gasteiger partial charge in [-0.2, -0.15) is 0 Å². The zero-order valence-electron chi connectivity index (χ0n) is 13.3. The van der Waals surface area contributed by atoms with E-state index in [-0.39, 0.29) is 6.09 Å². The lowest BCUT2D eigenvalue weighted by atomic mass is 10.2. The molecule has 1 saturated heterocycles. The number of rotatable bonds is 4. The van der Waals surface area contributed by atoms with E-state index in [1.54, 1.807) is 27.6 Å². The smallest absolute Gasteiger partial charge is 0.409 e. The van der Waals surface area contributed by atoms with E-state index in [4.69, 9.17) is 4.74 Å². The van der Waals surface area contributed by atoms with Gasteiger partial charge < -0.3 is 14.5 Å². The number of anilines is 1. The van der Waals surface area contributed by atoms with E-state index in [0.29, 0.717) is 25.6 Å². The molecule has 3 rings (SSSR count). The Morgan fingerprint density at radius 1 is 1.30 bits per heavy atom. The Labute approximate surface area is 143 Å². The number of nitrogens with zero attached hydrogens (tertiary/aromatic N) is 4. The lowest BCUT2D eigenvalue weighted by molar-refractivity contribution is 0.0901. The molecule has 1 aliphatic rings. The Hall–Kier alpha value is -1.67. The minimum absolute atomic E-state index is 0.213. The summed E-state index contributed by atoms with van der Waals surface area (Å²) < 4.78 is 5.28. The summed E-state index contributed by atoms with van der Waals surface area (Å²) >= 11 is 3.27. The van der Waals surface area contributed by atoms with Gasteiger partial charge in [0.2, 0.25) is 5.13 Å². The molecule has 0 saturated carbocycles. The van der Waals surface area contributed by atoms with Crippen LogP contribution in [0, 0.1) is 5.92 Å². The van der Waals surface area contributed by atoms with Gasteiger partial charge in [0.1, 0.15) is 0 Å². The molecule has 23 heavy (non-hydrogen) atoms. The first kappa shape index (κ1) is 16.2. The number of carbonyl (C=O) groups is 1. The number of carbonyl (C=O) groups excluding carboxylic acids is 1. The van der Waals surface area contributed by atoms with Crippen molar-refractivity contribution in [2.75, 3.05) is 37.7 Å². The average molecular weight is 352 g/mol. The number of amides is 1. The van der Waals surface area contributed by atoms with Crippen LogP contribution in [0.3, 0.4) is 0 Å². The topological polar surface area (TPSA) is 58.6 Å². The predicted octanol–water partition coefficient (Wildman–Crippen LogP) is 3.18. The van der Waals surface area contributed by atoms with Crippen molar-refractivity contribution in [2.45, 2.75) is 13.8 Å². The van der Waals surface area contributed by atoms with Crippen molar-refractivity contribution in [1.29, 1.82) is 0 Å². The molecule has 0 aromatic carbocycles. The molecule has 0 atom stereocenters. The molecule has 1 amide bonds. The summed E-state index contributed by atoms with van der Waals surface area (Å²) in [7, 11) is 0. The summed E-state index contributed by atoms with van der Waals surface area (Å²) in [6.45, 7) is 7.37. The van der Waals surface area contributed by atoms with Crippen LogP contribution in [0.15, 0.2) is 17.5 Å². The van der Waals surface area contributed by atoms with E-state index in [1.165, 1.54) is 0 Å². The standard InChI is InChI=1S/C15H20N4O2S2/c1-11(2)10-21-15(20)19-7-5-18(6-8-19)14-17-16-13(23-14)12-4-3-9-22-12/h3-4,9,11H,5-8,10H2,1-2H3. The highest BCUT2D eigenvalue weighted by Crippen LogP contribution is 2.31. The third-order valence-electron chi connectivity index (χ3n) is 3.49. The quantitative estimate of drug-likeness (QED) is 0.846. The Morgan fingerprint density at radius 2 is 2.09 bits per heavy atom. The van der Waals surface area contributed by atoms with E-state index < -0.39 is 0 Å². The second-order valence-electron chi connectivity index (χ2n) is 5.81. The molecule has 2 aromatic heterocycles. The molecule has 6 nitrogen and oxygen atoms in total. The number of ether oxygens (including phenoxy) is 1. The number of piperazine rings is 1. The third-order valence-corrected chi connectivity index (χ3v) is 5.52. The molecule has 8 heteroatoms. The van der Waals surface area contributed by atoms with Gasteiger partial charge in [0, 0.05) is 26.2 Å². The largest absolute Gasteiger partial charge is 0.449 e. The van der Waals surface area contributed by atoms with Crippen LogP contribution >= 0.6 is 22.7 Å². The average Bonchev–Trinajstić information content (AvgIpc) is 3.23. The summed E-state index contributed by atoms with van der Waals surface area (Å²) in [5.74, 6) is 0.359. The Bertz CT molecular complexity index is 634. The maximum absolute atomic E-state index is 12.0. The molecule has 0 unspecified atom stereocenters. The van der Waals surface area contributed by atoms with Crippen LogP contribution in [0.2, 0.25) is 0 Å². The molecule has 0 aliphatic carbocycles. The van der Waals surface area contributed by atoms with Crippen molar-refractivity contribution in [1.82, 2.24) is 15.1 Å². The van der Waals surface area contributed by atoms with Crippen molar-refractivity contribution in [3.05, 3.63) is 17.5 Å². The Balaban J connectivity index is 1.54. The van der Waals surface area contributed by atoms with Gasteiger partial charge in [0.25, 0.3) is 0 Å².